The molecule has 0 aliphatic rings. The van der Waals surface area contributed by atoms with E-state index < -0.39 is 0 Å². The molecule has 0 atom stereocenters. The number of carbonyl (C=O) groups excluding carboxylic acids is 2. The number of ketones is 1. The number of hydrogen-bond acceptors (Lipinski definition) is 2. The molecule has 1 aromatic rings. The second-order valence-corrected chi connectivity index (χ2v) is 3.74. The van der Waals surface area contributed by atoms with Crippen molar-refractivity contribution in [3.8, 4) is 0 Å². The zero-order valence-corrected chi connectivity index (χ0v) is 9.28. The van der Waals surface area contributed by atoms with E-state index in [1.165, 1.54) is 11.8 Å². The molecule has 3 nitrogen and oxygen atoms in total. The van der Waals surface area contributed by atoms with Crippen LogP contribution in [0.2, 0.25) is 0 Å². The van der Waals surface area contributed by atoms with E-state index in [2.05, 4.69) is 0 Å². The van der Waals surface area contributed by atoms with Gasteiger partial charge in [-0.2, -0.15) is 0 Å². The fourth-order valence-electron chi connectivity index (χ4n) is 1.39. The molecule has 0 bridgehead atoms. The van der Waals surface area contributed by atoms with Crippen LogP contribution in [0.1, 0.15) is 22.8 Å². The third-order valence-corrected chi connectivity index (χ3v) is 2.09. The minimum Gasteiger partial charge on any atom is -0.345 e. The smallest absolute Gasteiger partial charge is 0.253 e. The number of hydrogen-bond donors (Lipinski definition) is 0. The molecule has 0 fully saturated rings. The molecule has 15 heavy (non-hydrogen) atoms. The van der Waals surface area contributed by atoms with Gasteiger partial charge in [0, 0.05) is 26.1 Å². The topological polar surface area (TPSA) is 37.4 Å². The number of amides is 1. The van der Waals surface area contributed by atoms with Crippen LogP contribution in [0.5, 0.6) is 0 Å². The van der Waals surface area contributed by atoms with E-state index >= 15 is 0 Å². The molecule has 0 spiro atoms. The molecule has 0 aliphatic carbocycles. The second-order valence-electron chi connectivity index (χ2n) is 3.74. The Labute approximate surface area is 89.7 Å². The first-order valence-corrected chi connectivity index (χ1v) is 4.81. The molecule has 0 saturated heterocycles. The SMILES string of the molecule is CC(=O)Cc1ccccc1C(=O)N(C)C. The summed E-state index contributed by atoms with van der Waals surface area (Å²) in [4.78, 5) is 24.3. The third-order valence-electron chi connectivity index (χ3n) is 2.09. The first-order chi connectivity index (χ1) is 7.02. The Morgan fingerprint density at radius 2 is 1.80 bits per heavy atom. The highest BCUT2D eigenvalue weighted by Crippen LogP contribution is 2.11. The van der Waals surface area contributed by atoms with Crippen LogP contribution < -0.4 is 0 Å². The fraction of sp³-hybridized carbons (Fsp3) is 0.333. The lowest BCUT2D eigenvalue weighted by Gasteiger charge is -2.13. The molecule has 0 unspecified atom stereocenters. The van der Waals surface area contributed by atoms with Crippen molar-refractivity contribution >= 4 is 11.7 Å². The largest absolute Gasteiger partial charge is 0.345 e. The summed E-state index contributed by atoms with van der Waals surface area (Å²) in [5, 5.41) is 0. The molecule has 0 aromatic heterocycles. The molecule has 1 aromatic carbocycles. The normalized spacial score (nSPS) is 9.80. The summed E-state index contributed by atoms with van der Waals surface area (Å²) in [7, 11) is 3.40. The predicted molar refractivity (Wildman–Crippen MR) is 58.8 cm³/mol. The summed E-state index contributed by atoms with van der Waals surface area (Å²) in [6.45, 7) is 1.52. The van der Waals surface area contributed by atoms with Gasteiger partial charge in [-0.25, -0.2) is 0 Å². The molecule has 0 aliphatic heterocycles. The van der Waals surface area contributed by atoms with E-state index in [1.807, 2.05) is 12.1 Å². The number of nitrogens with zero attached hydrogens (tertiary/aromatic N) is 1. The number of carbonyl (C=O) groups is 2. The number of Topliss-reactive ketones (excluding diaryl/α,β-unsaturated/α-hetero) is 1. The minimum absolute atomic E-state index is 0.0631. The van der Waals surface area contributed by atoms with Crippen molar-refractivity contribution in [2.24, 2.45) is 0 Å². The number of rotatable bonds is 3. The summed E-state index contributed by atoms with van der Waals surface area (Å²) in [5.74, 6) is 0.000793. The standard InChI is InChI=1S/C12H15NO2/c1-9(14)8-10-6-4-5-7-11(10)12(15)13(2)3/h4-7H,8H2,1-3H3. The average molecular weight is 205 g/mol. The van der Waals surface area contributed by atoms with Gasteiger partial charge in [0.1, 0.15) is 5.78 Å². The van der Waals surface area contributed by atoms with Crippen LogP contribution >= 0.6 is 0 Å². The van der Waals surface area contributed by atoms with Crippen LogP contribution in [0.4, 0.5) is 0 Å². The van der Waals surface area contributed by atoms with Crippen molar-refractivity contribution in [3.63, 3.8) is 0 Å². The van der Waals surface area contributed by atoms with Gasteiger partial charge in [-0.15, -0.1) is 0 Å². The molecular weight excluding hydrogens is 190 g/mol. The molecule has 3 heteroatoms. The van der Waals surface area contributed by atoms with Crippen LogP contribution in [0.3, 0.4) is 0 Å². The first kappa shape index (κ1) is 11.4. The summed E-state index contributed by atoms with van der Waals surface area (Å²) < 4.78 is 0. The van der Waals surface area contributed by atoms with Crippen LogP contribution in [0.25, 0.3) is 0 Å². The molecule has 80 valence electrons. The van der Waals surface area contributed by atoms with Crippen molar-refractivity contribution in [2.45, 2.75) is 13.3 Å². The van der Waals surface area contributed by atoms with Crippen LogP contribution in [0.15, 0.2) is 24.3 Å². The molecule has 1 amide bonds. The van der Waals surface area contributed by atoms with Gasteiger partial charge in [-0.1, -0.05) is 18.2 Å². The predicted octanol–water partition coefficient (Wildman–Crippen LogP) is 1.52. The van der Waals surface area contributed by atoms with Gasteiger partial charge in [0.25, 0.3) is 5.91 Å². The van der Waals surface area contributed by atoms with Crippen molar-refractivity contribution in [2.75, 3.05) is 14.1 Å². The van der Waals surface area contributed by atoms with Gasteiger partial charge in [0.2, 0.25) is 0 Å². The Morgan fingerprint density at radius 3 is 2.33 bits per heavy atom. The fourth-order valence-corrected chi connectivity index (χ4v) is 1.39. The lowest BCUT2D eigenvalue weighted by atomic mass is 10.0. The van der Waals surface area contributed by atoms with Crippen molar-refractivity contribution in [1.82, 2.24) is 4.90 Å². The second kappa shape index (κ2) is 4.73. The summed E-state index contributed by atoms with van der Waals surface area (Å²) in [6, 6.07) is 7.21. The highest BCUT2D eigenvalue weighted by Gasteiger charge is 2.13. The average Bonchev–Trinajstić information content (AvgIpc) is 2.16. The Bertz CT molecular complexity index is 383. The monoisotopic (exact) mass is 205 g/mol. The molecule has 0 radical (unpaired) electrons. The van der Waals surface area contributed by atoms with E-state index in [9.17, 15) is 9.59 Å². The Balaban J connectivity index is 3.06. The van der Waals surface area contributed by atoms with Crippen LogP contribution in [-0.2, 0) is 11.2 Å². The zero-order valence-electron chi connectivity index (χ0n) is 9.28. The summed E-state index contributed by atoms with van der Waals surface area (Å²) in [5.41, 5.74) is 1.40. The Hall–Kier alpha value is -1.64. The lowest BCUT2D eigenvalue weighted by molar-refractivity contribution is -0.116. The first-order valence-electron chi connectivity index (χ1n) is 4.81. The van der Waals surface area contributed by atoms with E-state index in [0.29, 0.717) is 12.0 Å². The van der Waals surface area contributed by atoms with E-state index in [0.717, 1.165) is 5.56 Å². The third kappa shape index (κ3) is 2.91. The molecule has 0 N–H and O–H groups in total. The Morgan fingerprint density at radius 1 is 1.20 bits per heavy atom. The van der Waals surface area contributed by atoms with Gasteiger partial charge < -0.3 is 4.90 Å². The molecule has 1 rings (SSSR count). The minimum atomic E-state index is -0.0631. The summed E-state index contributed by atoms with van der Waals surface area (Å²) in [6.07, 6.45) is 0.315. The van der Waals surface area contributed by atoms with E-state index in [4.69, 9.17) is 0 Å². The van der Waals surface area contributed by atoms with Crippen molar-refractivity contribution < 1.29 is 9.59 Å². The molecule has 0 heterocycles. The van der Waals surface area contributed by atoms with Gasteiger partial charge in [-0.3, -0.25) is 9.59 Å². The maximum Gasteiger partial charge on any atom is 0.253 e. The van der Waals surface area contributed by atoms with E-state index in [1.54, 1.807) is 26.2 Å². The van der Waals surface area contributed by atoms with Gasteiger partial charge in [-0.05, 0) is 18.6 Å². The Kier molecular flexibility index (Phi) is 3.61. The van der Waals surface area contributed by atoms with Crippen LogP contribution in [0, 0.1) is 0 Å². The van der Waals surface area contributed by atoms with Crippen LogP contribution in [-0.4, -0.2) is 30.7 Å². The highest BCUT2D eigenvalue weighted by molar-refractivity contribution is 5.96. The maximum absolute atomic E-state index is 11.8. The zero-order chi connectivity index (χ0) is 11.4. The van der Waals surface area contributed by atoms with Crippen molar-refractivity contribution in [1.29, 1.82) is 0 Å². The summed E-state index contributed by atoms with van der Waals surface area (Å²) >= 11 is 0. The maximum atomic E-state index is 11.8. The van der Waals surface area contributed by atoms with Crippen molar-refractivity contribution in [3.05, 3.63) is 35.4 Å². The highest BCUT2D eigenvalue weighted by atomic mass is 16.2. The van der Waals surface area contributed by atoms with E-state index in [-0.39, 0.29) is 11.7 Å². The lowest BCUT2D eigenvalue weighted by Crippen LogP contribution is -2.23. The number of benzene rings is 1. The quantitative estimate of drug-likeness (QED) is 0.750. The van der Waals surface area contributed by atoms with Gasteiger partial charge >= 0.3 is 0 Å². The molecule has 0 saturated carbocycles. The van der Waals surface area contributed by atoms with Gasteiger partial charge in [0.05, 0.1) is 0 Å². The molecular formula is C12H15NO2. The van der Waals surface area contributed by atoms with Gasteiger partial charge in [0.15, 0.2) is 0 Å².